The fourth-order valence-electron chi connectivity index (χ4n) is 1.57. The summed E-state index contributed by atoms with van der Waals surface area (Å²) in [6.07, 6.45) is 7.59. The highest BCUT2D eigenvalue weighted by molar-refractivity contribution is 7.80. The normalized spacial score (nSPS) is 15.7. The molecule has 0 aliphatic carbocycles. The van der Waals surface area contributed by atoms with E-state index in [0.717, 1.165) is 17.1 Å². The number of hydrogen-bond donors (Lipinski definition) is 1. The van der Waals surface area contributed by atoms with Crippen molar-refractivity contribution in [2.45, 2.75) is 25.0 Å². The third kappa shape index (κ3) is 2.96. The highest BCUT2D eigenvalue weighted by atomic mass is 32.1. The molecule has 0 radical (unpaired) electrons. The number of nitrogens with zero attached hydrogens (tertiary/aromatic N) is 5. The quantitative estimate of drug-likeness (QED) is 0.523. The molecule has 0 saturated carbocycles. The molecule has 1 aromatic heterocycles. The Morgan fingerprint density at radius 3 is 2.68 bits per heavy atom. The minimum absolute atomic E-state index is 0.245. The SMILES string of the molecule is C=C1C=CC(c2nnc(S)n2C)=CN1/C=N\C(C)C. The Kier molecular flexibility index (Phi) is 3.90. The first-order chi connectivity index (χ1) is 8.99. The van der Waals surface area contributed by atoms with Crippen LogP contribution in [0.3, 0.4) is 0 Å². The van der Waals surface area contributed by atoms with E-state index in [4.69, 9.17) is 0 Å². The zero-order valence-corrected chi connectivity index (χ0v) is 12.2. The predicted molar refractivity (Wildman–Crippen MR) is 80.0 cm³/mol. The Morgan fingerprint density at radius 2 is 2.11 bits per heavy atom. The highest BCUT2D eigenvalue weighted by Crippen LogP contribution is 2.22. The van der Waals surface area contributed by atoms with Gasteiger partial charge < -0.3 is 9.47 Å². The van der Waals surface area contributed by atoms with Crippen LogP contribution < -0.4 is 0 Å². The first kappa shape index (κ1) is 13.6. The van der Waals surface area contributed by atoms with Gasteiger partial charge >= 0.3 is 0 Å². The summed E-state index contributed by atoms with van der Waals surface area (Å²) >= 11 is 4.23. The first-order valence-corrected chi connectivity index (χ1v) is 6.43. The van der Waals surface area contributed by atoms with Gasteiger partial charge in [0.05, 0.1) is 6.34 Å². The summed E-state index contributed by atoms with van der Waals surface area (Å²) in [5.41, 5.74) is 1.80. The van der Waals surface area contributed by atoms with Crippen LogP contribution in [0.25, 0.3) is 5.57 Å². The lowest BCUT2D eigenvalue weighted by Gasteiger charge is -2.20. The highest BCUT2D eigenvalue weighted by Gasteiger charge is 2.14. The van der Waals surface area contributed by atoms with Crippen LogP contribution in [-0.2, 0) is 7.05 Å². The molecule has 1 aliphatic heterocycles. The van der Waals surface area contributed by atoms with Gasteiger partial charge in [0.15, 0.2) is 11.0 Å². The summed E-state index contributed by atoms with van der Waals surface area (Å²) in [5.74, 6) is 0.761. The molecule has 0 spiro atoms. The third-order valence-corrected chi connectivity index (χ3v) is 3.05. The van der Waals surface area contributed by atoms with Crippen LogP contribution in [-0.4, -0.2) is 32.0 Å². The van der Waals surface area contributed by atoms with Gasteiger partial charge in [-0.3, -0.25) is 4.99 Å². The molecule has 0 saturated heterocycles. The van der Waals surface area contributed by atoms with Crippen molar-refractivity contribution < 1.29 is 0 Å². The molecular formula is C13H17N5S. The third-order valence-electron chi connectivity index (χ3n) is 2.66. The van der Waals surface area contributed by atoms with Crippen molar-refractivity contribution in [2.24, 2.45) is 12.0 Å². The fourth-order valence-corrected chi connectivity index (χ4v) is 1.70. The molecule has 1 aliphatic rings. The smallest absolute Gasteiger partial charge is 0.188 e. The molecule has 0 fully saturated rings. The van der Waals surface area contributed by atoms with E-state index >= 15 is 0 Å². The van der Waals surface area contributed by atoms with E-state index in [-0.39, 0.29) is 6.04 Å². The van der Waals surface area contributed by atoms with E-state index in [0.29, 0.717) is 5.16 Å². The van der Waals surface area contributed by atoms with Crippen molar-refractivity contribution in [3.05, 3.63) is 36.5 Å². The second-order valence-corrected chi connectivity index (χ2v) is 4.96. The summed E-state index contributed by atoms with van der Waals surface area (Å²) in [6, 6.07) is 0.245. The topological polar surface area (TPSA) is 46.3 Å². The largest absolute Gasteiger partial charge is 0.308 e. The number of rotatable bonds is 3. The van der Waals surface area contributed by atoms with Crippen LogP contribution in [0.1, 0.15) is 19.7 Å². The molecule has 0 atom stereocenters. The number of thiol groups is 1. The van der Waals surface area contributed by atoms with Crippen LogP contribution in [0.2, 0.25) is 0 Å². The summed E-state index contributed by atoms with van der Waals surface area (Å²) < 4.78 is 1.82. The molecule has 2 heterocycles. The van der Waals surface area contributed by atoms with Crippen LogP contribution >= 0.6 is 12.6 Å². The first-order valence-electron chi connectivity index (χ1n) is 5.98. The molecule has 0 aromatic carbocycles. The molecule has 5 nitrogen and oxygen atoms in total. The lowest BCUT2D eigenvalue weighted by molar-refractivity contribution is 0.710. The van der Waals surface area contributed by atoms with E-state index < -0.39 is 0 Å². The number of aliphatic imine (C=N–C) groups is 1. The summed E-state index contributed by atoms with van der Waals surface area (Å²) in [6.45, 7) is 8.03. The lowest BCUT2D eigenvalue weighted by Crippen LogP contribution is -2.17. The average Bonchev–Trinajstić information content (AvgIpc) is 2.69. The number of aromatic nitrogens is 3. The van der Waals surface area contributed by atoms with Gasteiger partial charge in [-0.15, -0.1) is 22.8 Å². The number of hydrogen-bond acceptors (Lipinski definition) is 4. The summed E-state index contributed by atoms with van der Waals surface area (Å²) in [5, 5.41) is 8.63. The maximum atomic E-state index is 4.36. The van der Waals surface area contributed by atoms with Gasteiger partial charge in [0.25, 0.3) is 0 Å². The summed E-state index contributed by atoms with van der Waals surface area (Å²) in [4.78, 5) is 6.24. The summed E-state index contributed by atoms with van der Waals surface area (Å²) in [7, 11) is 1.88. The molecule has 0 unspecified atom stereocenters. The molecule has 19 heavy (non-hydrogen) atoms. The molecule has 100 valence electrons. The Morgan fingerprint density at radius 1 is 1.37 bits per heavy atom. The predicted octanol–water partition coefficient (Wildman–Crippen LogP) is 2.27. The standard InChI is InChI=1S/C13H17N5S/c1-9(2)14-8-18-7-11(6-5-10(18)3)12-15-16-13(19)17(12)4/h5-9H,3H2,1-2,4H3,(H,16,19)/b14-8-. The molecule has 0 amide bonds. The monoisotopic (exact) mass is 275 g/mol. The lowest BCUT2D eigenvalue weighted by atomic mass is 10.1. The van der Waals surface area contributed by atoms with Crippen LogP contribution in [0.4, 0.5) is 0 Å². The van der Waals surface area contributed by atoms with Crippen molar-refractivity contribution in [1.82, 2.24) is 19.7 Å². The van der Waals surface area contributed by atoms with E-state index in [1.54, 1.807) is 6.34 Å². The van der Waals surface area contributed by atoms with Crippen molar-refractivity contribution >= 4 is 24.5 Å². The maximum Gasteiger partial charge on any atom is 0.188 e. The van der Waals surface area contributed by atoms with Crippen molar-refractivity contribution in [3.8, 4) is 0 Å². The Labute approximate surface area is 118 Å². The van der Waals surface area contributed by atoms with Crippen LogP contribution in [0.15, 0.2) is 40.8 Å². The maximum absolute atomic E-state index is 4.36. The van der Waals surface area contributed by atoms with Crippen molar-refractivity contribution in [3.63, 3.8) is 0 Å². The van der Waals surface area contributed by atoms with E-state index in [9.17, 15) is 0 Å². The van der Waals surface area contributed by atoms with Gasteiger partial charge in [0, 0.05) is 30.6 Å². The van der Waals surface area contributed by atoms with Crippen molar-refractivity contribution in [1.29, 1.82) is 0 Å². The molecule has 1 aromatic rings. The zero-order valence-electron chi connectivity index (χ0n) is 11.3. The molecule has 0 N–H and O–H groups in total. The molecule has 6 heteroatoms. The second-order valence-electron chi connectivity index (χ2n) is 4.56. The minimum Gasteiger partial charge on any atom is -0.308 e. The molecule has 2 rings (SSSR count). The van der Waals surface area contributed by atoms with Crippen LogP contribution in [0.5, 0.6) is 0 Å². The Balaban J connectivity index is 2.31. The van der Waals surface area contributed by atoms with E-state index in [2.05, 4.69) is 34.4 Å². The average molecular weight is 275 g/mol. The van der Waals surface area contributed by atoms with E-state index in [1.807, 2.05) is 48.7 Å². The van der Waals surface area contributed by atoms with Crippen molar-refractivity contribution in [2.75, 3.05) is 0 Å². The van der Waals surface area contributed by atoms with E-state index in [1.165, 1.54) is 0 Å². The van der Waals surface area contributed by atoms with Crippen LogP contribution in [0, 0.1) is 0 Å². The minimum atomic E-state index is 0.245. The zero-order chi connectivity index (χ0) is 14.0. The Hall–Kier alpha value is -1.82. The molecular weight excluding hydrogens is 258 g/mol. The Bertz CT molecular complexity index is 580. The van der Waals surface area contributed by atoms with Gasteiger partial charge in [0.1, 0.15) is 0 Å². The van der Waals surface area contributed by atoms with Gasteiger partial charge in [-0.25, -0.2) is 0 Å². The number of allylic oxidation sites excluding steroid dienone is 3. The molecule has 0 bridgehead atoms. The van der Waals surface area contributed by atoms with Gasteiger partial charge in [-0.1, -0.05) is 6.58 Å². The van der Waals surface area contributed by atoms with Gasteiger partial charge in [-0.05, 0) is 26.0 Å². The van der Waals surface area contributed by atoms with Gasteiger partial charge in [-0.2, -0.15) is 0 Å². The van der Waals surface area contributed by atoms with Gasteiger partial charge in [0.2, 0.25) is 0 Å². The fraction of sp³-hybridized carbons (Fsp3) is 0.308. The second kappa shape index (κ2) is 5.44.